The molecule has 2 aliphatic carbocycles. The van der Waals surface area contributed by atoms with Crippen LogP contribution in [0.2, 0.25) is 0 Å². The Morgan fingerprint density at radius 2 is 1.95 bits per heavy atom. The number of nitrogens with zero attached hydrogens (tertiary/aromatic N) is 2. The van der Waals surface area contributed by atoms with Gasteiger partial charge in [0.2, 0.25) is 0 Å². The maximum atomic E-state index is 5.92. The first-order chi connectivity index (χ1) is 10.2. The molecule has 2 fully saturated rings. The van der Waals surface area contributed by atoms with E-state index in [1.54, 1.807) is 7.11 Å². The lowest BCUT2D eigenvalue weighted by atomic mass is 9.84. The van der Waals surface area contributed by atoms with E-state index in [0.717, 1.165) is 41.2 Å². The van der Waals surface area contributed by atoms with Crippen LogP contribution >= 0.6 is 15.9 Å². The zero-order valence-electron chi connectivity index (χ0n) is 12.9. The number of ether oxygens (including phenoxy) is 1. The van der Waals surface area contributed by atoms with Crippen molar-refractivity contribution in [2.24, 2.45) is 0 Å². The fourth-order valence-corrected chi connectivity index (χ4v) is 3.86. The Morgan fingerprint density at radius 3 is 2.52 bits per heavy atom. The molecule has 2 aliphatic rings. The summed E-state index contributed by atoms with van der Waals surface area (Å²) in [6.45, 7) is 2.96. The highest BCUT2D eigenvalue weighted by atomic mass is 79.9. The van der Waals surface area contributed by atoms with Crippen molar-refractivity contribution < 1.29 is 4.74 Å². The molecule has 4 nitrogen and oxygen atoms in total. The van der Waals surface area contributed by atoms with E-state index in [4.69, 9.17) is 14.7 Å². The number of hydrogen-bond acceptors (Lipinski definition) is 4. The molecule has 0 amide bonds. The van der Waals surface area contributed by atoms with Crippen molar-refractivity contribution in [3.63, 3.8) is 0 Å². The fraction of sp³-hybridized carbons (Fsp3) is 0.750. The minimum atomic E-state index is -0.285. The van der Waals surface area contributed by atoms with Gasteiger partial charge in [0.05, 0.1) is 10.2 Å². The summed E-state index contributed by atoms with van der Waals surface area (Å²) in [5, 5.41) is 3.37. The van der Waals surface area contributed by atoms with Gasteiger partial charge >= 0.3 is 0 Å². The number of hydrogen-bond donors (Lipinski definition) is 1. The molecule has 1 aromatic heterocycles. The molecule has 1 aromatic rings. The van der Waals surface area contributed by atoms with Crippen molar-refractivity contribution in [3.05, 3.63) is 16.0 Å². The standard InChI is InChI=1S/C16H24BrN3O/c1-3-18-14-12(17)13(11-7-8-11)19-15(20-14)16(21-2)9-5-4-6-10-16/h11H,3-10H2,1-2H3,(H,18,19,20). The summed E-state index contributed by atoms with van der Waals surface area (Å²) in [5.74, 6) is 2.40. The normalized spacial score (nSPS) is 21.3. The van der Waals surface area contributed by atoms with E-state index in [1.165, 1.54) is 32.1 Å². The Kier molecular flexibility index (Phi) is 4.50. The monoisotopic (exact) mass is 353 g/mol. The fourth-order valence-electron chi connectivity index (χ4n) is 3.22. The highest BCUT2D eigenvalue weighted by molar-refractivity contribution is 9.10. The van der Waals surface area contributed by atoms with Crippen molar-refractivity contribution in [2.75, 3.05) is 19.0 Å². The zero-order valence-corrected chi connectivity index (χ0v) is 14.5. The molecule has 5 heteroatoms. The number of anilines is 1. The van der Waals surface area contributed by atoms with Gasteiger partial charge in [0.1, 0.15) is 11.4 Å². The molecule has 0 saturated heterocycles. The van der Waals surface area contributed by atoms with Crippen LogP contribution in [0.25, 0.3) is 0 Å². The lowest BCUT2D eigenvalue weighted by Gasteiger charge is -2.35. The predicted molar refractivity (Wildman–Crippen MR) is 87.6 cm³/mol. The topological polar surface area (TPSA) is 47.0 Å². The summed E-state index contributed by atoms with van der Waals surface area (Å²) >= 11 is 3.69. The molecular formula is C16H24BrN3O. The first kappa shape index (κ1) is 15.2. The molecule has 1 heterocycles. The molecule has 2 saturated carbocycles. The van der Waals surface area contributed by atoms with Gasteiger partial charge in [0.15, 0.2) is 5.82 Å². The first-order valence-corrected chi connectivity index (χ1v) is 8.86. The van der Waals surface area contributed by atoms with Crippen molar-refractivity contribution in [1.82, 2.24) is 9.97 Å². The molecule has 0 aliphatic heterocycles. The van der Waals surface area contributed by atoms with Crippen molar-refractivity contribution in [3.8, 4) is 0 Å². The number of halogens is 1. The highest BCUT2D eigenvalue weighted by Crippen LogP contribution is 2.46. The minimum Gasteiger partial charge on any atom is -0.370 e. The molecule has 0 bridgehead atoms. The number of aromatic nitrogens is 2. The second-order valence-electron chi connectivity index (χ2n) is 6.16. The highest BCUT2D eigenvalue weighted by Gasteiger charge is 2.39. The summed E-state index contributed by atoms with van der Waals surface area (Å²) in [4.78, 5) is 9.73. The Bertz CT molecular complexity index is 510. The SMILES string of the molecule is CCNc1nc(C2(OC)CCCCC2)nc(C2CC2)c1Br. The van der Waals surface area contributed by atoms with Crippen LogP contribution in [0.3, 0.4) is 0 Å². The lowest BCUT2D eigenvalue weighted by molar-refractivity contribution is -0.0515. The van der Waals surface area contributed by atoms with Gasteiger partial charge in [-0.1, -0.05) is 19.3 Å². The largest absolute Gasteiger partial charge is 0.370 e. The van der Waals surface area contributed by atoms with Crippen molar-refractivity contribution in [2.45, 2.75) is 63.4 Å². The third-order valence-electron chi connectivity index (χ3n) is 4.64. The van der Waals surface area contributed by atoms with Gasteiger partial charge < -0.3 is 10.1 Å². The lowest BCUT2D eigenvalue weighted by Crippen LogP contribution is -2.34. The van der Waals surface area contributed by atoms with Gasteiger partial charge in [0.25, 0.3) is 0 Å². The van der Waals surface area contributed by atoms with E-state index in [9.17, 15) is 0 Å². The maximum Gasteiger partial charge on any atom is 0.162 e. The van der Waals surface area contributed by atoms with Crippen molar-refractivity contribution >= 4 is 21.7 Å². The van der Waals surface area contributed by atoms with Gasteiger partial charge in [-0.25, -0.2) is 9.97 Å². The molecule has 0 unspecified atom stereocenters. The Balaban J connectivity index is 2.03. The molecule has 1 N–H and O–H groups in total. The van der Waals surface area contributed by atoms with Gasteiger partial charge in [-0.2, -0.15) is 0 Å². The van der Waals surface area contributed by atoms with Gasteiger partial charge in [-0.05, 0) is 48.5 Å². The van der Waals surface area contributed by atoms with Crippen molar-refractivity contribution in [1.29, 1.82) is 0 Å². The predicted octanol–water partition coefficient (Wildman–Crippen LogP) is 4.35. The minimum absolute atomic E-state index is 0.285. The maximum absolute atomic E-state index is 5.92. The van der Waals surface area contributed by atoms with Crippen LogP contribution in [0.4, 0.5) is 5.82 Å². The van der Waals surface area contributed by atoms with Crippen LogP contribution in [0, 0.1) is 0 Å². The smallest absolute Gasteiger partial charge is 0.162 e. The molecule has 0 radical (unpaired) electrons. The summed E-state index contributed by atoms with van der Waals surface area (Å²) in [6, 6.07) is 0. The van der Waals surface area contributed by atoms with Crippen LogP contribution in [0.5, 0.6) is 0 Å². The number of nitrogens with one attached hydrogen (secondary N) is 1. The second kappa shape index (κ2) is 6.21. The van der Waals surface area contributed by atoms with E-state index in [1.807, 2.05) is 0 Å². The van der Waals surface area contributed by atoms with Crippen LogP contribution in [-0.4, -0.2) is 23.6 Å². The number of methoxy groups -OCH3 is 1. The zero-order chi connectivity index (χ0) is 14.9. The summed E-state index contributed by atoms with van der Waals surface area (Å²) < 4.78 is 6.96. The molecular weight excluding hydrogens is 330 g/mol. The molecule has 116 valence electrons. The Hall–Kier alpha value is -0.680. The van der Waals surface area contributed by atoms with Crippen LogP contribution in [0.15, 0.2) is 4.47 Å². The van der Waals surface area contributed by atoms with Gasteiger partial charge in [-0.3, -0.25) is 0 Å². The van der Waals surface area contributed by atoms with E-state index in [-0.39, 0.29) is 5.60 Å². The quantitative estimate of drug-likeness (QED) is 0.854. The van der Waals surface area contributed by atoms with Gasteiger partial charge in [0, 0.05) is 19.6 Å². The molecule has 0 aromatic carbocycles. The van der Waals surface area contributed by atoms with E-state index in [0.29, 0.717) is 5.92 Å². The summed E-state index contributed by atoms with van der Waals surface area (Å²) in [7, 11) is 1.81. The third kappa shape index (κ3) is 2.95. The molecule has 21 heavy (non-hydrogen) atoms. The van der Waals surface area contributed by atoms with Gasteiger partial charge in [-0.15, -0.1) is 0 Å². The first-order valence-electron chi connectivity index (χ1n) is 8.07. The van der Waals surface area contributed by atoms with Crippen LogP contribution in [-0.2, 0) is 10.3 Å². The second-order valence-corrected chi connectivity index (χ2v) is 6.95. The molecule has 0 atom stereocenters. The van der Waals surface area contributed by atoms with E-state index >= 15 is 0 Å². The Morgan fingerprint density at radius 1 is 1.24 bits per heavy atom. The van der Waals surface area contributed by atoms with E-state index in [2.05, 4.69) is 28.2 Å². The average molecular weight is 354 g/mol. The molecule has 0 spiro atoms. The van der Waals surface area contributed by atoms with E-state index < -0.39 is 0 Å². The summed E-state index contributed by atoms with van der Waals surface area (Å²) in [6.07, 6.45) is 8.21. The molecule has 3 rings (SSSR count). The average Bonchev–Trinajstić information content (AvgIpc) is 3.35. The van der Waals surface area contributed by atoms with Crippen LogP contribution < -0.4 is 5.32 Å². The van der Waals surface area contributed by atoms with Crippen LogP contribution in [0.1, 0.15) is 69.3 Å². The number of rotatable bonds is 5. The third-order valence-corrected chi connectivity index (χ3v) is 5.43. The summed E-state index contributed by atoms with van der Waals surface area (Å²) in [5.41, 5.74) is 0.880. The Labute approximate surface area is 135 Å².